The minimum Gasteiger partial charge on any atom is -0.461 e. The van der Waals surface area contributed by atoms with Gasteiger partial charge in [0.05, 0.1) is 36.0 Å². The van der Waals surface area contributed by atoms with Gasteiger partial charge < -0.3 is 24.6 Å². The van der Waals surface area contributed by atoms with Crippen LogP contribution in [-0.4, -0.2) is 103 Å². The quantitative estimate of drug-likeness (QED) is 0.131. The molecule has 0 bridgehead atoms. The Morgan fingerprint density at radius 2 is 1.42 bits per heavy atom. The van der Waals surface area contributed by atoms with Gasteiger partial charge in [0.2, 0.25) is 5.95 Å². The molecule has 1 saturated heterocycles. The van der Waals surface area contributed by atoms with Crippen LogP contribution < -0.4 is 10.2 Å². The van der Waals surface area contributed by atoms with Gasteiger partial charge in [0, 0.05) is 97.8 Å². The first kappa shape index (κ1) is 38.3. The lowest BCUT2D eigenvalue weighted by atomic mass is 9.73. The molecule has 15 nitrogen and oxygen atoms in total. The Kier molecular flexibility index (Phi) is 10.9. The van der Waals surface area contributed by atoms with Gasteiger partial charge >= 0.3 is 11.9 Å². The molecular weight excluding hydrogens is 813 g/mol. The van der Waals surface area contributed by atoms with Crippen molar-refractivity contribution >= 4 is 51.9 Å². The van der Waals surface area contributed by atoms with Gasteiger partial charge in [0.25, 0.3) is 0 Å². The highest BCUT2D eigenvalue weighted by molar-refractivity contribution is 14.1. The van der Waals surface area contributed by atoms with Crippen LogP contribution in [0.1, 0.15) is 70.9 Å². The number of aryl methyl sites for hydroxylation is 3. The fraction of sp³-hybridized carbons (Fsp3) is 0.436. The first-order valence-corrected chi connectivity index (χ1v) is 19.6. The number of halogens is 1. The van der Waals surface area contributed by atoms with Crippen molar-refractivity contribution in [2.75, 3.05) is 56.7 Å². The minimum absolute atomic E-state index is 0.296. The molecule has 5 heterocycles. The Morgan fingerprint density at radius 3 is 2.11 bits per heavy atom. The van der Waals surface area contributed by atoms with Crippen molar-refractivity contribution in [3.8, 4) is 22.8 Å². The van der Waals surface area contributed by atoms with Gasteiger partial charge in [-0.2, -0.15) is 10.2 Å². The van der Waals surface area contributed by atoms with Gasteiger partial charge in [-0.05, 0) is 81.0 Å². The number of rotatable bonds is 7. The monoisotopic (exact) mass is 859 g/mol. The van der Waals surface area contributed by atoms with E-state index < -0.39 is 5.97 Å². The van der Waals surface area contributed by atoms with E-state index in [0.29, 0.717) is 40.8 Å². The number of benzene rings is 1. The molecule has 55 heavy (non-hydrogen) atoms. The maximum atomic E-state index is 12.6. The summed E-state index contributed by atoms with van der Waals surface area (Å²) in [5.74, 6) is -0.245. The van der Waals surface area contributed by atoms with Gasteiger partial charge in [-0.1, -0.05) is 13.8 Å². The average molecular weight is 860 g/mol. The van der Waals surface area contributed by atoms with Gasteiger partial charge in [-0.25, -0.2) is 29.5 Å². The number of esters is 2. The van der Waals surface area contributed by atoms with Crippen molar-refractivity contribution in [2.24, 2.45) is 14.1 Å². The summed E-state index contributed by atoms with van der Waals surface area (Å²) in [6.07, 6.45) is 6.02. The number of piperazine rings is 1. The number of anilines is 3. The van der Waals surface area contributed by atoms with E-state index in [9.17, 15) is 9.59 Å². The molecule has 0 amide bonds. The molecule has 8 rings (SSSR count). The number of aromatic nitrogens is 8. The van der Waals surface area contributed by atoms with E-state index in [1.54, 1.807) is 23.2 Å². The largest absolute Gasteiger partial charge is 0.461 e. The van der Waals surface area contributed by atoms with Crippen LogP contribution >= 0.6 is 22.6 Å². The topological polar surface area (TPSA) is 158 Å². The van der Waals surface area contributed by atoms with Crippen LogP contribution in [0.3, 0.4) is 0 Å². The summed E-state index contributed by atoms with van der Waals surface area (Å²) >= 11 is 2.09. The molecule has 0 spiro atoms. The van der Waals surface area contributed by atoms with Crippen LogP contribution in [0.15, 0.2) is 36.7 Å². The lowest BCUT2D eigenvalue weighted by molar-refractivity contribution is 0.0507. The lowest BCUT2D eigenvalue weighted by Crippen LogP contribution is -2.44. The van der Waals surface area contributed by atoms with Crippen LogP contribution in [0.5, 0.6) is 0 Å². The zero-order chi connectivity index (χ0) is 39.0. The zero-order valence-electron chi connectivity index (χ0n) is 32.3. The third-order valence-corrected chi connectivity index (χ3v) is 10.7. The molecule has 4 aromatic heterocycles. The van der Waals surface area contributed by atoms with Crippen molar-refractivity contribution in [3.05, 3.63) is 74.1 Å². The number of nitrogens with one attached hydrogen (secondary N) is 1. The fourth-order valence-electron chi connectivity index (χ4n) is 7.59. The number of hydrogen-bond donors (Lipinski definition) is 1. The highest BCUT2D eigenvalue weighted by Crippen LogP contribution is 2.44. The molecular formula is C39H46IN11O4. The van der Waals surface area contributed by atoms with Crippen molar-refractivity contribution in [1.29, 1.82) is 0 Å². The van der Waals surface area contributed by atoms with E-state index in [1.165, 1.54) is 5.69 Å². The van der Waals surface area contributed by atoms with Crippen molar-refractivity contribution in [3.63, 3.8) is 0 Å². The van der Waals surface area contributed by atoms with Crippen molar-refractivity contribution < 1.29 is 19.1 Å². The first-order valence-electron chi connectivity index (χ1n) is 18.5. The standard InChI is InChI=1S/C26H33N7O2.C13H13IN4O2/c1-6-35-24(34)22-20-23(32(5)30-22)21-17(15-26(20,2)3)16-27-25(29-21)28-18-7-9-19(10-8-18)33-13-11-31(4)12-14-33;1-3-20-12(19)10-8-5-4-7-6-15-13(14)16-9(7)11(8)18(2)17-10/h7-10,16H,6,11-15H2,1-5H3,(H,27,28,29);6H,3-5H2,1-2H3. The molecule has 0 saturated carbocycles. The van der Waals surface area contributed by atoms with Gasteiger partial charge in [0.1, 0.15) is 0 Å². The molecule has 2 aliphatic carbocycles. The number of hydrogen-bond acceptors (Lipinski definition) is 13. The Hall–Kier alpha value is -4.97. The number of nitrogens with zero attached hydrogens (tertiary/aromatic N) is 10. The molecule has 3 aliphatic rings. The summed E-state index contributed by atoms with van der Waals surface area (Å²) in [4.78, 5) is 47.6. The maximum absolute atomic E-state index is 12.6. The molecule has 288 valence electrons. The molecule has 1 aromatic carbocycles. The van der Waals surface area contributed by atoms with Crippen LogP contribution in [0.2, 0.25) is 0 Å². The first-order chi connectivity index (χ1) is 26.4. The van der Waals surface area contributed by atoms with Crippen LogP contribution in [0.25, 0.3) is 22.8 Å². The SMILES string of the molecule is CCOC(=O)c1nn(C)c2c1C(C)(C)Cc1cnc(Nc3ccc(N4CCN(C)CC4)cc3)nc1-2.CCOC(=O)c1nn(C)c2c1CCc1cnc(I)nc1-2. The molecule has 1 aliphatic heterocycles. The van der Waals surface area contributed by atoms with Gasteiger partial charge in [-0.3, -0.25) is 9.36 Å². The third kappa shape index (κ3) is 7.65. The highest BCUT2D eigenvalue weighted by atomic mass is 127. The predicted molar refractivity (Wildman–Crippen MR) is 217 cm³/mol. The molecule has 5 aromatic rings. The minimum atomic E-state index is -0.395. The number of likely N-dealkylation sites (N-methyl/N-ethyl adjacent to an activating group) is 1. The molecule has 16 heteroatoms. The Balaban J connectivity index is 0.000000197. The summed E-state index contributed by atoms with van der Waals surface area (Å²) < 4.78 is 14.5. The summed E-state index contributed by atoms with van der Waals surface area (Å²) in [5, 5.41) is 12.2. The van der Waals surface area contributed by atoms with Gasteiger partial charge in [0.15, 0.2) is 15.2 Å². The lowest BCUT2D eigenvalue weighted by Gasteiger charge is -2.34. The molecule has 0 radical (unpaired) electrons. The summed E-state index contributed by atoms with van der Waals surface area (Å²) in [7, 11) is 5.83. The Bertz CT molecular complexity index is 2240. The van der Waals surface area contributed by atoms with E-state index in [-0.39, 0.29) is 11.4 Å². The number of carbonyl (C=O) groups is 2. The van der Waals surface area contributed by atoms with E-state index in [2.05, 4.69) is 108 Å². The summed E-state index contributed by atoms with van der Waals surface area (Å²) in [6, 6.07) is 8.40. The average Bonchev–Trinajstić information content (AvgIpc) is 3.71. The van der Waals surface area contributed by atoms with Crippen molar-refractivity contribution in [1.82, 2.24) is 44.4 Å². The second-order valence-corrected chi connectivity index (χ2v) is 15.5. The molecule has 1 fully saturated rings. The van der Waals surface area contributed by atoms with E-state index in [4.69, 9.17) is 14.5 Å². The van der Waals surface area contributed by atoms with E-state index in [1.807, 2.05) is 26.5 Å². The predicted octanol–water partition coefficient (Wildman–Crippen LogP) is 5.14. The third-order valence-electron chi connectivity index (χ3n) is 10.2. The second-order valence-electron chi connectivity index (χ2n) is 14.5. The number of ether oxygens (including phenoxy) is 2. The highest BCUT2D eigenvalue weighted by Gasteiger charge is 2.40. The van der Waals surface area contributed by atoms with Crippen LogP contribution in [0.4, 0.5) is 17.3 Å². The summed E-state index contributed by atoms with van der Waals surface area (Å²) in [5.41, 5.74) is 9.98. The van der Waals surface area contributed by atoms with Gasteiger partial charge in [-0.15, -0.1) is 0 Å². The number of fused-ring (bicyclic) bond motifs is 6. The maximum Gasteiger partial charge on any atom is 0.359 e. The van der Waals surface area contributed by atoms with Crippen LogP contribution in [0, 0.1) is 3.83 Å². The van der Waals surface area contributed by atoms with Crippen molar-refractivity contribution in [2.45, 2.75) is 52.4 Å². The molecule has 1 N–H and O–H groups in total. The Morgan fingerprint density at radius 1 is 0.800 bits per heavy atom. The Labute approximate surface area is 334 Å². The fourth-order valence-corrected chi connectivity index (χ4v) is 7.97. The zero-order valence-corrected chi connectivity index (χ0v) is 34.5. The van der Waals surface area contributed by atoms with E-state index in [0.717, 1.165) is 89.7 Å². The van der Waals surface area contributed by atoms with Crippen LogP contribution in [-0.2, 0) is 48.2 Å². The molecule has 0 unspecified atom stereocenters. The molecule has 0 atom stereocenters. The normalized spacial score (nSPS) is 15.5. The smallest absolute Gasteiger partial charge is 0.359 e. The summed E-state index contributed by atoms with van der Waals surface area (Å²) in [6.45, 7) is 12.7. The second kappa shape index (κ2) is 15.6. The number of carbonyl (C=O) groups excluding carboxylic acids is 2. The van der Waals surface area contributed by atoms with E-state index >= 15 is 0 Å².